The molecule has 1 fully saturated rings. The van der Waals surface area contributed by atoms with E-state index in [1.807, 2.05) is 25.1 Å². The van der Waals surface area contributed by atoms with E-state index in [1.165, 1.54) is 16.7 Å². The highest BCUT2D eigenvalue weighted by Gasteiger charge is 2.29. The lowest BCUT2D eigenvalue weighted by atomic mass is 10.0. The van der Waals surface area contributed by atoms with Gasteiger partial charge in [-0.3, -0.25) is 9.69 Å². The number of nitrogens with one attached hydrogen (secondary N) is 1. The van der Waals surface area contributed by atoms with Crippen LogP contribution >= 0.6 is 0 Å². The molecule has 2 unspecified atom stereocenters. The first kappa shape index (κ1) is 18.8. The third kappa shape index (κ3) is 3.99. The van der Waals surface area contributed by atoms with Crippen LogP contribution in [0.3, 0.4) is 0 Å². The number of carbonyl (C=O) groups excluding carboxylic acids is 1. The molecule has 2 heterocycles. The molecule has 1 amide bonds. The molecule has 5 nitrogen and oxygen atoms in total. The second-order valence-electron chi connectivity index (χ2n) is 7.68. The lowest BCUT2D eigenvalue weighted by Gasteiger charge is -2.27. The van der Waals surface area contributed by atoms with Gasteiger partial charge in [0.05, 0.1) is 12.6 Å². The SMILES string of the molecule is Cc1ccccc1C(C)NC(=O)CN1CCCC1c1ccc2c(c1)OCCO2. The van der Waals surface area contributed by atoms with Crippen molar-refractivity contribution in [1.29, 1.82) is 0 Å². The van der Waals surface area contributed by atoms with Crippen molar-refractivity contribution < 1.29 is 14.3 Å². The van der Waals surface area contributed by atoms with Crippen LogP contribution in [0.5, 0.6) is 11.5 Å². The predicted octanol–water partition coefficient (Wildman–Crippen LogP) is 3.78. The molecule has 148 valence electrons. The minimum absolute atomic E-state index is 0.00375. The van der Waals surface area contributed by atoms with Gasteiger partial charge in [-0.1, -0.05) is 30.3 Å². The molecule has 0 radical (unpaired) electrons. The zero-order valence-electron chi connectivity index (χ0n) is 16.6. The van der Waals surface area contributed by atoms with Gasteiger partial charge < -0.3 is 14.8 Å². The molecule has 28 heavy (non-hydrogen) atoms. The number of aryl methyl sites for hydroxylation is 1. The first-order chi connectivity index (χ1) is 13.6. The van der Waals surface area contributed by atoms with E-state index in [0.717, 1.165) is 30.9 Å². The van der Waals surface area contributed by atoms with Crippen molar-refractivity contribution >= 4 is 5.91 Å². The summed E-state index contributed by atoms with van der Waals surface area (Å²) in [7, 11) is 0. The number of hydrogen-bond donors (Lipinski definition) is 1. The quantitative estimate of drug-likeness (QED) is 0.858. The van der Waals surface area contributed by atoms with E-state index >= 15 is 0 Å². The van der Waals surface area contributed by atoms with Gasteiger partial charge in [0.15, 0.2) is 11.5 Å². The highest BCUT2D eigenvalue weighted by molar-refractivity contribution is 5.78. The summed E-state index contributed by atoms with van der Waals surface area (Å²) in [6, 6.07) is 14.6. The van der Waals surface area contributed by atoms with E-state index < -0.39 is 0 Å². The summed E-state index contributed by atoms with van der Waals surface area (Å²) in [5.74, 6) is 1.69. The van der Waals surface area contributed by atoms with Crippen LogP contribution in [0, 0.1) is 6.92 Å². The van der Waals surface area contributed by atoms with Crippen molar-refractivity contribution in [2.45, 2.75) is 38.8 Å². The molecule has 0 saturated carbocycles. The molecule has 2 aliphatic heterocycles. The monoisotopic (exact) mass is 380 g/mol. The highest BCUT2D eigenvalue weighted by atomic mass is 16.6. The van der Waals surface area contributed by atoms with Crippen LogP contribution in [0.2, 0.25) is 0 Å². The minimum Gasteiger partial charge on any atom is -0.486 e. The van der Waals surface area contributed by atoms with E-state index in [9.17, 15) is 4.79 Å². The largest absolute Gasteiger partial charge is 0.486 e. The fourth-order valence-electron chi connectivity index (χ4n) is 4.28. The molecule has 0 bridgehead atoms. The average Bonchev–Trinajstić information content (AvgIpc) is 3.15. The molecule has 5 heteroatoms. The van der Waals surface area contributed by atoms with Crippen molar-refractivity contribution in [3.05, 3.63) is 59.2 Å². The Kier molecular flexibility index (Phi) is 5.53. The summed E-state index contributed by atoms with van der Waals surface area (Å²) in [6.45, 7) is 6.66. The molecule has 2 atom stereocenters. The molecule has 2 aromatic carbocycles. The van der Waals surface area contributed by atoms with Gasteiger partial charge in [-0.25, -0.2) is 0 Å². The molecule has 1 saturated heterocycles. The van der Waals surface area contributed by atoms with E-state index in [-0.39, 0.29) is 18.0 Å². The van der Waals surface area contributed by atoms with Gasteiger partial charge in [-0.15, -0.1) is 0 Å². The molecular formula is C23H28N2O3. The van der Waals surface area contributed by atoms with Gasteiger partial charge in [-0.2, -0.15) is 0 Å². The molecule has 0 spiro atoms. The van der Waals surface area contributed by atoms with Gasteiger partial charge in [0.1, 0.15) is 13.2 Å². The second-order valence-corrected chi connectivity index (χ2v) is 7.68. The summed E-state index contributed by atoms with van der Waals surface area (Å²) in [5, 5.41) is 3.16. The van der Waals surface area contributed by atoms with Crippen LogP contribution in [0.25, 0.3) is 0 Å². The number of carbonyl (C=O) groups is 1. The zero-order valence-corrected chi connectivity index (χ0v) is 16.6. The first-order valence-electron chi connectivity index (χ1n) is 10.1. The second kappa shape index (κ2) is 8.23. The number of amides is 1. The number of nitrogens with zero attached hydrogens (tertiary/aromatic N) is 1. The van der Waals surface area contributed by atoms with Crippen molar-refractivity contribution in [2.24, 2.45) is 0 Å². The lowest BCUT2D eigenvalue weighted by molar-refractivity contribution is -0.123. The Labute approximate surface area is 166 Å². The predicted molar refractivity (Wildman–Crippen MR) is 109 cm³/mol. The van der Waals surface area contributed by atoms with Gasteiger partial charge in [0.2, 0.25) is 5.91 Å². The van der Waals surface area contributed by atoms with Crippen LogP contribution < -0.4 is 14.8 Å². The van der Waals surface area contributed by atoms with Crippen LogP contribution in [-0.2, 0) is 4.79 Å². The van der Waals surface area contributed by atoms with Crippen molar-refractivity contribution in [2.75, 3.05) is 26.3 Å². The zero-order chi connectivity index (χ0) is 19.5. The van der Waals surface area contributed by atoms with Crippen molar-refractivity contribution in [1.82, 2.24) is 10.2 Å². The number of ether oxygens (including phenoxy) is 2. The first-order valence-corrected chi connectivity index (χ1v) is 10.1. The smallest absolute Gasteiger partial charge is 0.234 e. The van der Waals surface area contributed by atoms with Crippen molar-refractivity contribution in [3.8, 4) is 11.5 Å². The number of hydrogen-bond acceptors (Lipinski definition) is 4. The Morgan fingerprint density at radius 2 is 1.96 bits per heavy atom. The van der Waals surface area contributed by atoms with Crippen molar-refractivity contribution in [3.63, 3.8) is 0 Å². The molecule has 2 aliphatic rings. The third-order valence-corrected chi connectivity index (χ3v) is 5.69. The standard InChI is InChI=1S/C23H28N2O3/c1-16-6-3-4-7-19(16)17(2)24-23(26)15-25-11-5-8-20(25)18-9-10-21-22(14-18)28-13-12-27-21/h3-4,6-7,9-10,14,17,20H,5,8,11-13,15H2,1-2H3,(H,24,26). The number of benzene rings is 2. The maximum atomic E-state index is 12.7. The summed E-state index contributed by atoms with van der Waals surface area (Å²) >= 11 is 0. The highest BCUT2D eigenvalue weighted by Crippen LogP contribution is 2.37. The minimum atomic E-state index is 0.00375. The summed E-state index contributed by atoms with van der Waals surface area (Å²) in [4.78, 5) is 15.0. The summed E-state index contributed by atoms with van der Waals surface area (Å²) < 4.78 is 11.4. The van der Waals surface area contributed by atoms with E-state index in [4.69, 9.17) is 9.47 Å². The van der Waals surface area contributed by atoms with Crippen LogP contribution in [0.1, 0.15) is 48.5 Å². The Hall–Kier alpha value is -2.53. The Balaban J connectivity index is 1.41. The molecule has 4 rings (SSSR count). The fourth-order valence-corrected chi connectivity index (χ4v) is 4.28. The Morgan fingerprint density at radius 3 is 2.79 bits per heavy atom. The number of rotatable bonds is 5. The molecule has 0 aromatic heterocycles. The maximum absolute atomic E-state index is 12.7. The lowest BCUT2D eigenvalue weighted by Crippen LogP contribution is -2.38. The fraction of sp³-hybridized carbons (Fsp3) is 0.435. The summed E-state index contributed by atoms with van der Waals surface area (Å²) in [5.41, 5.74) is 3.56. The molecular weight excluding hydrogens is 352 g/mol. The number of likely N-dealkylation sites (tertiary alicyclic amines) is 1. The molecule has 2 aromatic rings. The van der Waals surface area contributed by atoms with E-state index in [2.05, 4.69) is 41.4 Å². The normalized spacial score (nSPS) is 20.0. The number of fused-ring (bicyclic) bond motifs is 1. The third-order valence-electron chi connectivity index (χ3n) is 5.69. The van der Waals surface area contributed by atoms with Gasteiger partial charge in [0, 0.05) is 6.04 Å². The maximum Gasteiger partial charge on any atom is 0.234 e. The van der Waals surface area contributed by atoms with Crippen LogP contribution in [0.15, 0.2) is 42.5 Å². The average molecular weight is 380 g/mol. The Bertz CT molecular complexity index is 851. The van der Waals surface area contributed by atoms with Crippen LogP contribution in [-0.4, -0.2) is 37.1 Å². The molecule has 1 N–H and O–H groups in total. The van der Waals surface area contributed by atoms with E-state index in [1.54, 1.807) is 0 Å². The van der Waals surface area contributed by atoms with Crippen LogP contribution in [0.4, 0.5) is 0 Å². The topological polar surface area (TPSA) is 50.8 Å². The van der Waals surface area contributed by atoms with Gasteiger partial charge in [0.25, 0.3) is 0 Å². The summed E-state index contributed by atoms with van der Waals surface area (Å²) in [6.07, 6.45) is 2.15. The van der Waals surface area contributed by atoms with E-state index in [0.29, 0.717) is 19.8 Å². The van der Waals surface area contributed by atoms with Gasteiger partial charge in [-0.05, 0) is 62.1 Å². The molecule has 0 aliphatic carbocycles. The Morgan fingerprint density at radius 1 is 1.18 bits per heavy atom. The van der Waals surface area contributed by atoms with Gasteiger partial charge >= 0.3 is 0 Å².